The van der Waals surface area contributed by atoms with Crippen LogP contribution in [0.2, 0.25) is 0 Å². The first-order chi connectivity index (χ1) is 12.6. The maximum absolute atomic E-state index is 12.5. The Bertz CT molecular complexity index is 710. The Morgan fingerprint density at radius 1 is 1.23 bits per heavy atom. The SMILES string of the molecule is COC(=O)C1=C(CN2CCCCC2)NC(=O)N[C@@H]1c1cccc(OC)c1. The summed E-state index contributed by atoms with van der Waals surface area (Å²) in [6, 6.07) is 6.44. The van der Waals surface area contributed by atoms with E-state index >= 15 is 0 Å². The third-order valence-corrected chi connectivity index (χ3v) is 4.82. The molecule has 1 fully saturated rings. The Hall–Kier alpha value is -2.54. The molecule has 0 unspecified atom stereocenters. The molecule has 2 N–H and O–H groups in total. The van der Waals surface area contributed by atoms with Gasteiger partial charge in [0.15, 0.2) is 0 Å². The second-order valence-corrected chi connectivity index (χ2v) is 6.53. The molecule has 0 saturated carbocycles. The third kappa shape index (κ3) is 3.99. The van der Waals surface area contributed by atoms with Crippen molar-refractivity contribution in [2.75, 3.05) is 33.9 Å². The van der Waals surface area contributed by atoms with Gasteiger partial charge in [0.2, 0.25) is 0 Å². The largest absolute Gasteiger partial charge is 0.497 e. The van der Waals surface area contributed by atoms with Gasteiger partial charge in [-0.2, -0.15) is 0 Å². The molecule has 1 atom stereocenters. The van der Waals surface area contributed by atoms with Gasteiger partial charge in [-0.3, -0.25) is 4.90 Å². The van der Waals surface area contributed by atoms with E-state index in [4.69, 9.17) is 9.47 Å². The fourth-order valence-corrected chi connectivity index (χ4v) is 3.51. The number of carbonyl (C=O) groups is 2. The number of nitrogens with zero attached hydrogens (tertiary/aromatic N) is 1. The summed E-state index contributed by atoms with van der Waals surface area (Å²) in [6.07, 6.45) is 3.48. The minimum absolute atomic E-state index is 0.322. The van der Waals surface area contributed by atoms with Crippen molar-refractivity contribution in [3.8, 4) is 5.75 Å². The highest BCUT2D eigenvalue weighted by molar-refractivity contribution is 5.95. The smallest absolute Gasteiger partial charge is 0.338 e. The number of urea groups is 1. The van der Waals surface area contributed by atoms with E-state index in [1.54, 1.807) is 7.11 Å². The standard InChI is InChI=1S/C19H25N3O4/c1-25-14-8-6-7-13(11-14)17-16(18(23)26-2)15(20-19(24)21-17)12-22-9-4-3-5-10-22/h6-8,11,17H,3-5,9-10,12H2,1-2H3,(H2,20,21,24)/t17-/m1/s1. The van der Waals surface area contributed by atoms with Gasteiger partial charge in [0.1, 0.15) is 5.75 Å². The van der Waals surface area contributed by atoms with Crippen LogP contribution in [0.1, 0.15) is 30.9 Å². The van der Waals surface area contributed by atoms with E-state index in [-0.39, 0.29) is 6.03 Å². The summed E-state index contributed by atoms with van der Waals surface area (Å²) in [6.45, 7) is 2.45. The van der Waals surface area contributed by atoms with Gasteiger partial charge in [-0.1, -0.05) is 18.6 Å². The molecular formula is C19H25N3O4. The average Bonchev–Trinajstić information content (AvgIpc) is 2.68. The van der Waals surface area contributed by atoms with Crippen molar-refractivity contribution in [1.29, 1.82) is 0 Å². The lowest BCUT2D eigenvalue weighted by Gasteiger charge is -2.33. The van der Waals surface area contributed by atoms with Crippen LogP contribution in [0, 0.1) is 0 Å². The lowest BCUT2D eigenvalue weighted by atomic mass is 9.94. The van der Waals surface area contributed by atoms with Crippen LogP contribution in [0.5, 0.6) is 5.75 Å². The van der Waals surface area contributed by atoms with Gasteiger partial charge >= 0.3 is 12.0 Å². The fraction of sp³-hybridized carbons (Fsp3) is 0.474. The summed E-state index contributed by atoms with van der Waals surface area (Å²) in [4.78, 5) is 27.1. The van der Waals surface area contributed by atoms with E-state index in [2.05, 4.69) is 15.5 Å². The Labute approximate surface area is 153 Å². The Balaban J connectivity index is 1.98. The van der Waals surface area contributed by atoms with Gasteiger partial charge in [0.05, 0.1) is 25.8 Å². The molecule has 0 aliphatic carbocycles. The van der Waals surface area contributed by atoms with Crippen molar-refractivity contribution in [2.24, 2.45) is 0 Å². The van der Waals surface area contributed by atoms with E-state index < -0.39 is 12.0 Å². The number of hydrogen-bond donors (Lipinski definition) is 2. The summed E-state index contributed by atoms with van der Waals surface area (Å²) in [5.74, 6) is 0.217. The highest BCUT2D eigenvalue weighted by Gasteiger charge is 2.34. The molecule has 7 nitrogen and oxygen atoms in total. The number of rotatable bonds is 5. The number of ether oxygens (including phenoxy) is 2. The molecule has 7 heteroatoms. The second-order valence-electron chi connectivity index (χ2n) is 6.53. The molecule has 0 radical (unpaired) electrons. The van der Waals surface area contributed by atoms with E-state index in [1.165, 1.54) is 13.5 Å². The molecule has 2 aliphatic rings. The number of hydrogen-bond acceptors (Lipinski definition) is 5. The van der Waals surface area contributed by atoms with Crippen molar-refractivity contribution in [3.05, 3.63) is 41.1 Å². The molecular weight excluding hydrogens is 334 g/mol. The van der Waals surface area contributed by atoms with Crippen LogP contribution in [-0.2, 0) is 9.53 Å². The Morgan fingerprint density at radius 2 is 2.00 bits per heavy atom. The molecule has 2 heterocycles. The zero-order valence-electron chi connectivity index (χ0n) is 15.2. The normalized spacial score (nSPS) is 21.0. The van der Waals surface area contributed by atoms with Crippen LogP contribution < -0.4 is 15.4 Å². The summed E-state index contributed by atoms with van der Waals surface area (Å²) >= 11 is 0. The van der Waals surface area contributed by atoms with Gasteiger partial charge in [-0.05, 0) is 43.6 Å². The topological polar surface area (TPSA) is 79.9 Å². The first-order valence-electron chi connectivity index (χ1n) is 8.87. The summed E-state index contributed by atoms with van der Waals surface area (Å²) in [7, 11) is 2.94. The first kappa shape index (κ1) is 18.3. The summed E-state index contributed by atoms with van der Waals surface area (Å²) < 4.78 is 10.3. The molecule has 0 aromatic heterocycles. The van der Waals surface area contributed by atoms with E-state index in [9.17, 15) is 9.59 Å². The van der Waals surface area contributed by atoms with Crippen LogP contribution in [-0.4, -0.2) is 50.8 Å². The van der Waals surface area contributed by atoms with Crippen molar-refractivity contribution in [1.82, 2.24) is 15.5 Å². The van der Waals surface area contributed by atoms with E-state index in [0.29, 0.717) is 23.6 Å². The minimum atomic E-state index is -0.578. The third-order valence-electron chi connectivity index (χ3n) is 4.82. The molecule has 0 bridgehead atoms. The molecule has 2 amide bonds. The fourth-order valence-electron chi connectivity index (χ4n) is 3.51. The lowest BCUT2D eigenvalue weighted by Crippen LogP contribution is -2.48. The summed E-state index contributed by atoms with van der Waals surface area (Å²) in [5, 5.41) is 5.65. The van der Waals surface area contributed by atoms with E-state index in [0.717, 1.165) is 31.5 Å². The van der Waals surface area contributed by atoms with Crippen LogP contribution >= 0.6 is 0 Å². The van der Waals surface area contributed by atoms with Crippen LogP contribution in [0.15, 0.2) is 35.5 Å². The zero-order chi connectivity index (χ0) is 18.5. The molecule has 2 aliphatic heterocycles. The predicted molar refractivity (Wildman–Crippen MR) is 96.7 cm³/mol. The average molecular weight is 359 g/mol. The summed E-state index contributed by atoms with van der Waals surface area (Å²) in [5.41, 5.74) is 1.82. The van der Waals surface area contributed by atoms with Gasteiger partial charge in [0.25, 0.3) is 0 Å². The number of carbonyl (C=O) groups excluding carboxylic acids is 2. The first-order valence-corrected chi connectivity index (χ1v) is 8.87. The minimum Gasteiger partial charge on any atom is -0.497 e. The Morgan fingerprint density at radius 3 is 2.69 bits per heavy atom. The number of benzene rings is 1. The molecule has 0 spiro atoms. The predicted octanol–water partition coefficient (Wildman–Crippen LogP) is 1.96. The lowest BCUT2D eigenvalue weighted by molar-refractivity contribution is -0.136. The van der Waals surface area contributed by atoms with Gasteiger partial charge < -0.3 is 20.1 Å². The number of esters is 1. The number of nitrogens with one attached hydrogen (secondary N) is 2. The molecule has 140 valence electrons. The molecule has 1 aromatic rings. The van der Waals surface area contributed by atoms with Crippen molar-refractivity contribution >= 4 is 12.0 Å². The molecule has 1 aromatic carbocycles. The van der Waals surface area contributed by atoms with Crippen molar-refractivity contribution < 1.29 is 19.1 Å². The highest BCUT2D eigenvalue weighted by atomic mass is 16.5. The number of methoxy groups -OCH3 is 2. The van der Waals surface area contributed by atoms with Gasteiger partial charge in [-0.15, -0.1) is 0 Å². The van der Waals surface area contributed by atoms with Gasteiger partial charge in [0, 0.05) is 12.2 Å². The van der Waals surface area contributed by atoms with Gasteiger partial charge in [-0.25, -0.2) is 9.59 Å². The highest BCUT2D eigenvalue weighted by Crippen LogP contribution is 2.30. The quantitative estimate of drug-likeness (QED) is 0.786. The Kier molecular flexibility index (Phi) is 5.78. The van der Waals surface area contributed by atoms with E-state index in [1.807, 2.05) is 24.3 Å². The molecule has 3 rings (SSSR count). The second kappa shape index (κ2) is 8.23. The molecule has 1 saturated heterocycles. The monoisotopic (exact) mass is 359 g/mol. The zero-order valence-corrected chi connectivity index (χ0v) is 15.2. The number of piperidine rings is 1. The maximum Gasteiger partial charge on any atom is 0.338 e. The number of likely N-dealkylation sites (tertiary alicyclic amines) is 1. The van der Waals surface area contributed by atoms with Crippen molar-refractivity contribution in [3.63, 3.8) is 0 Å². The maximum atomic E-state index is 12.5. The van der Waals surface area contributed by atoms with Crippen LogP contribution in [0.25, 0.3) is 0 Å². The number of amides is 2. The van der Waals surface area contributed by atoms with Crippen LogP contribution in [0.3, 0.4) is 0 Å². The molecule has 26 heavy (non-hydrogen) atoms. The van der Waals surface area contributed by atoms with Crippen LogP contribution in [0.4, 0.5) is 4.79 Å². The van der Waals surface area contributed by atoms with Crippen molar-refractivity contribution in [2.45, 2.75) is 25.3 Å².